The van der Waals surface area contributed by atoms with E-state index in [0.29, 0.717) is 24.6 Å². The van der Waals surface area contributed by atoms with Gasteiger partial charge >= 0.3 is 0 Å². The molecular formula is C27H32N4O6S. The second-order valence-electron chi connectivity index (χ2n) is 10.1. The van der Waals surface area contributed by atoms with Crippen LogP contribution in [-0.4, -0.2) is 80.8 Å². The Morgan fingerprint density at radius 3 is 2.11 bits per heavy atom. The van der Waals surface area contributed by atoms with Gasteiger partial charge in [0.1, 0.15) is 6.04 Å². The molecule has 0 unspecified atom stereocenters. The quantitative estimate of drug-likeness (QED) is 0.537. The lowest BCUT2D eigenvalue weighted by Crippen LogP contribution is -2.50. The lowest BCUT2D eigenvalue weighted by atomic mass is 10.0. The fraction of sp³-hybridized carbons (Fsp3) is 0.444. The van der Waals surface area contributed by atoms with E-state index in [4.69, 9.17) is 4.74 Å². The summed E-state index contributed by atoms with van der Waals surface area (Å²) in [6.07, 6.45) is 1.98. The van der Waals surface area contributed by atoms with Gasteiger partial charge in [0.15, 0.2) is 0 Å². The molecule has 0 bridgehead atoms. The summed E-state index contributed by atoms with van der Waals surface area (Å²) in [5.41, 5.74) is 1.59. The average molecular weight is 541 g/mol. The minimum Gasteiger partial charge on any atom is -0.379 e. The third-order valence-electron chi connectivity index (χ3n) is 7.28. The molecule has 3 heterocycles. The molecule has 2 fully saturated rings. The molecule has 1 atom stereocenters. The van der Waals surface area contributed by atoms with Crippen LogP contribution in [0.4, 0.5) is 11.4 Å². The standard InChI is InChI=1S/C27H32N4O6S/c1-18(2)24(31-26(33)20-7-3-4-8-21(20)27(31)34)25(32)28-22-17-19(9-10-23(22)29-11-5-6-12-29)38(35,36)30-13-15-37-16-14-30/h3-4,7-10,17-18,24H,5-6,11-16H2,1-2H3,(H,28,32)/t24-/m0/s1. The fourth-order valence-corrected chi connectivity index (χ4v) is 6.77. The molecule has 5 rings (SSSR count). The van der Waals surface area contributed by atoms with Gasteiger partial charge in [0, 0.05) is 26.2 Å². The summed E-state index contributed by atoms with van der Waals surface area (Å²) in [6.45, 7) is 6.27. The number of ether oxygens (including phenoxy) is 1. The number of hydrogen-bond donors (Lipinski definition) is 1. The van der Waals surface area contributed by atoms with Crippen LogP contribution in [0.25, 0.3) is 0 Å². The number of benzene rings is 2. The van der Waals surface area contributed by atoms with Crippen LogP contribution in [0.2, 0.25) is 0 Å². The Labute approximate surface area is 222 Å². The van der Waals surface area contributed by atoms with Gasteiger partial charge in [0.2, 0.25) is 15.9 Å². The summed E-state index contributed by atoms with van der Waals surface area (Å²) in [7, 11) is -3.80. The van der Waals surface area contributed by atoms with E-state index < -0.39 is 33.8 Å². The number of hydrogen-bond acceptors (Lipinski definition) is 7. The van der Waals surface area contributed by atoms with Crippen LogP contribution in [0.15, 0.2) is 47.4 Å². The molecule has 202 valence electrons. The predicted octanol–water partition coefficient (Wildman–Crippen LogP) is 2.57. The van der Waals surface area contributed by atoms with E-state index in [-0.39, 0.29) is 35.0 Å². The molecule has 0 spiro atoms. The van der Waals surface area contributed by atoms with Crippen LogP contribution in [0.1, 0.15) is 47.4 Å². The van der Waals surface area contributed by atoms with E-state index in [9.17, 15) is 22.8 Å². The lowest BCUT2D eigenvalue weighted by Gasteiger charge is -2.30. The third-order valence-corrected chi connectivity index (χ3v) is 9.18. The van der Waals surface area contributed by atoms with Gasteiger partial charge < -0.3 is 15.0 Å². The Bertz CT molecular complexity index is 1330. The number of rotatable bonds is 7. The molecule has 0 aromatic heterocycles. The van der Waals surface area contributed by atoms with Crippen molar-refractivity contribution in [2.75, 3.05) is 49.6 Å². The van der Waals surface area contributed by atoms with Gasteiger partial charge in [0.05, 0.1) is 40.6 Å². The van der Waals surface area contributed by atoms with Crippen molar-refractivity contribution in [1.82, 2.24) is 9.21 Å². The predicted molar refractivity (Wildman–Crippen MR) is 142 cm³/mol. The maximum Gasteiger partial charge on any atom is 0.262 e. The molecule has 0 radical (unpaired) electrons. The number of sulfonamides is 1. The first kappa shape index (κ1) is 26.3. The number of carbonyl (C=O) groups is 3. The second-order valence-corrected chi connectivity index (χ2v) is 12.0. The summed E-state index contributed by atoms with van der Waals surface area (Å²) < 4.78 is 33.4. The van der Waals surface area contributed by atoms with Crippen LogP contribution in [0.5, 0.6) is 0 Å². The lowest BCUT2D eigenvalue weighted by molar-refractivity contribution is -0.121. The Kier molecular flexibility index (Phi) is 7.26. The first-order valence-electron chi connectivity index (χ1n) is 12.9. The zero-order valence-electron chi connectivity index (χ0n) is 21.6. The number of anilines is 2. The van der Waals surface area contributed by atoms with Crippen LogP contribution in [0.3, 0.4) is 0 Å². The van der Waals surface area contributed by atoms with E-state index in [2.05, 4.69) is 10.2 Å². The highest BCUT2D eigenvalue weighted by Gasteiger charge is 2.44. The number of nitrogens with one attached hydrogen (secondary N) is 1. The Balaban J connectivity index is 1.49. The van der Waals surface area contributed by atoms with Gasteiger partial charge in [-0.1, -0.05) is 26.0 Å². The smallest absolute Gasteiger partial charge is 0.262 e. The van der Waals surface area contributed by atoms with Gasteiger partial charge in [-0.05, 0) is 49.1 Å². The van der Waals surface area contributed by atoms with Crippen molar-refractivity contribution in [1.29, 1.82) is 0 Å². The van der Waals surface area contributed by atoms with Crippen molar-refractivity contribution in [3.63, 3.8) is 0 Å². The maximum atomic E-state index is 13.8. The van der Waals surface area contributed by atoms with Crippen LogP contribution in [-0.2, 0) is 19.6 Å². The monoisotopic (exact) mass is 540 g/mol. The molecule has 38 heavy (non-hydrogen) atoms. The van der Waals surface area contributed by atoms with Gasteiger partial charge in [-0.3, -0.25) is 19.3 Å². The largest absolute Gasteiger partial charge is 0.379 e. The molecule has 3 aliphatic rings. The maximum absolute atomic E-state index is 13.8. The number of fused-ring (bicyclic) bond motifs is 1. The molecule has 11 heteroatoms. The topological polar surface area (TPSA) is 116 Å². The highest BCUT2D eigenvalue weighted by Crippen LogP contribution is 2.34. The zero-order chi connectivity index (χ0) is 27.0. The molecule has 2 aromatic carbocycles. The van der Waals surface area contributed by atoms with E-state index >= 15 is 0 Å². The molecule has 2 saturated heterocycles. The molecule has 1 N–H and O–H groups in total. The van der Waals surface area contributed by atoms with E-state index in [0.717, 1.165) is 30.8 Å². The number of nitrogens with zero attached hydrogens (tertiary/aromatic N) is 3. The van der Waals surface area contributed by atoms with Crippen molar-refractivity contribution >= 4 is 39.1 Å². The molecular weight excluding hydrogens is 508 g/mol. The van der Waals surface area contributed by atoms with Crippen molar-refractivity contribution in [3.8, 4) is 0 Å². The fourth-order valence-electron chi connectivity index (χ4n) is 5.33. The number of carbonyl (C=O) groups excluding carboxylic acids is 3. The average Bonchev–Trinajstić information content (AvgIpc) is 3.53. The zero-order valence-corrected chi connectivity index (χ0v) is 22.4. The molecule has 0 saturated carbocycles. The van der Waals surface area contributed by atoms with Crippen LogP contribution >= 0.6 is 0 Å². The number of morpholine rings is 1. The van der Waals surface area contributed by atoms with Crippen LogP contribution < -0.4 is 10.2 Å². The van der Waals surface area contributed by atoms with Gasteiger partial charge in [0.25, 0.3) is 11.8 Å². The Morgan fingerprint density at radius 1 is 0.921 bits per heavy atom. The van der Waals surface area contributed by atoms with E-state index in [1.54, 1.807) is 50.2 Å². The second kappa shape index (κ2) is 10.5. The van der Waals surface area contributed by atoms with Crippen molar-refractivity contribution < 1.29 is 27.5 Å². The first-order valence-corrected chi connectivity index (χ1v) is 14.4. The van der Waals surface area contributed by atoms with Crippen molar-refractivity contribution in [3.05, 3.63) is 53.6 Å². The first-order chi connectivity index (χ1) is 18.2. The van der Waals surface area contributed by atoms with Gasteiger partial charge in [-0.15, -0.1) is 0 Å². The number of amides is 3. The van der Waals surface area contributed by atoms with Gasteiger partial charge in [-0.25, -0.2) is 8.42 Å². The summed E-state index contributed by atoms with van der Waals surface area (Å²) in [5.74, 6) is -1.95. The summed E-state index contributed by atoms with van der Waals surface area (Å²) >= 11 is 0. The summed E-state index contributed by atoms with van der Waals surface area (Å²) in [5, 5.41) is 2.89. The molecule has 0 aliphatic carbocycles. The van der Waals surface area contributed by atoms with Gasteiger partial charge in [-0.2, -0.15) is 4.31 Å². The highest BCUT2D eigenvalue weighted by molar-refractivity contribution is 7.89. The molecule has 3 aliphatic heterocycles. The number of imide groups is 1. The molecule has 10 nitrogen and oxygen atoms in total. The highest BCUT2D eigenvalue weighted by atomic mass is 32.2. The van der Waals surface area contributed by atoms with E-state index in [1.165, 1.54) is 10.4 Å². The minimum absolute atomic E-state index is 0.0690. The SMILES string of the molecule is CC(C)[C@@H](C(=O)Nc1cc(S(=O)(=O)N2CCOCC2)ccc1N1CCCC1)N1C(=O)c2ccccc2C1=O. The normalized spacial score (nSPS) is 19.2. The minimum atomic E-state index is -3.80. The summed E-state index contributed by atoms with van der Waals surface area (Å²) in [4.78, 5) is 43.3. The van der Waals surface area contributed by atoms with Crippen molar-refractivity contribution in [2.45, 2.75) is 37.6 Å². The summed E-state index contributed by atoms with van der Waals surface area (Å²) in [6, 6.07) is 10.2. The third kappa shape index (κ3) is 4.70. The Hall–Kier alpha value is -3.28. The van der Waals surface area contributed by atoms with Crippen molar-refractivity contribution in [2.24, 2.45) is 5.92 Å². The Morgan fingerprint density at radius 2 is 1.53 bits per heavy atom. The van der Waals surface area contributed by atoms with E-state index in [1.807, 2.05) is 0 Å². The molecule has 2 aromatic rings. The van der Waals surface area contributed by atoms with Crippen LogP contribution in [0, 0.1) is 5.92 Å². The molecule has 3 amide bonds.